The summed E-state index contributed by atoms with van der Waals surface area (Å²) in [4.78, 5) is 17.2. The summed E-state index contributed by atoms with van der Waals surface area (Å²) in [5, 5.41) is 1.06. The van der Waals surface area contributed by atoms with Crippen LogP contribution in [0.3, 0.4) is 0 Å². The van der Waals surface area contributed by atoms with Crippen LogP contribution in [-0.2, 0) is 0 Å². The van der Waals surface area contributed by atoms with Crippen LogP contribution in [0.15, 0.2) is 4.79 Å². The second-order valence-electron chi connectivity index (χ2n) is 2.57. The minimum atomic E-state index is -0.513. The first kappa shape index (κ1) is 10.3. The fourth-order valence-corrected chi connectivity index (χ4v) is 0.916. The van der Waals surface area contributed by atoms with Gasteiger partial charge >= 0.3 is 0 Å². The molecule has 8 nitrogen and oxygen atoms in total. The van der Waals surface area contributed by atoms with Gasteiger partial charge in [0.15, 0.2) is 5.82 Å². The van der Waals surface area contributed by atoms with Crippen molar-refractivity contribution in [3.63, 3.8) is 0 Å². The lowest BCUT2D eigenvalue weighted by Gasteiger charge is -2.18. The largest absolute Gasteiger partial charge is 0.391 e. The highest BCUT2D eigenvalue weighted by Crippen LogP contribution is 2.11. The van der Waals surface area contributed by atoms with Crippen molar-refractivity contribution >= 4 is 17.5 Å². The van der Waals surface area contributed by atoms with Gasteiger partial charge in [0.2, 0.25) is 5.95 Å². The highest BCUT2D eigenvalue weighted by molar-refractivity contribution is 5.61. The van der Waals surface area contributed by atoms with Gasteiger partial charge in [0, 0.05) is 6.54 Å². The number of anilines is 3. The molecule has 0 aliphatic carbocycles. The van der Waals surface area contributed by atoms with Crippen molar-refractivity contribution in [2.45, 2.75) is 6.92 Å². The third-order valence-corrected chi connectivity index (χ3v) is 1.51. The van der Waals surface area contributed by atoms with Gasteiger partial charge in [-0.2, -0.15) is 4.98 Å². The molecule has 0 atom stereocenters. The van der Waals surface area contributed by atoms with Crippen molar-refractivity contribution in [1.82, 2.24) is 15.4 Å². The Kier molecular flexibility index (Phi) is 2.89. The van der Waals surface area contributed by atoms with E-state index in [1.165, 1.54) is 0 Å². The molecule has 14 heavy (non-hydrogen) atoms. The molecule has 1 aromatic heterocycles. The lowest BCUT2D eigenvalue weighted by molar-refractivity contribution is 0.660. The van der Waals surface area contributed by atoms with Gasteiger partial charge in [0.1, 0.15) is 5.69 Å². The third kappa shape index (κ3) is 1.92. The summed E-state index contributed by atoms with van der Waals surface area (Å²) in [5.74, 6) is 5.59. The average Bonchev–Trinajstić information content (AvgIpc) is 2.11. The summed E-state index contributed by atoms with van der Waals surface area (Å²) < 4.78 is 0. The van der Waals surface area contributed by atoms with Crippen LogP contribution < -0.4 is 33.4 Å². The van der Waals surface area contributed by atoms with E-state index < -0.39 is 5.56 Å². The Labute approximate surface area is 80.0 Å². The molecule has 0 amide bonds. The fraction of sp³-hybridized carbons (Fsp3) is 0.333. The second kappa shape index (κ2) is 3.94. The maximum atomic E-state index is 11.2. The van der Waals surface area contributed by atoms with Crippen molar-refractivity contribution in [2.75, 3.05) is 23.1 Å². The number of hydrogen-bond donors (Lipinski definition) is 5. The molecule has 0 spiro atoms. The van der Waals surface area contributed by atoms with E-state index in [2.05, 4.69) is 15.4 Å². The first-order valence-electron chi connectivity index (χ1n) is 3.99. The Balaban J connectivity index is 3.13. The summed E-state index contributed by atoms with van der Waals surface area (Å²) in [6.07, 6.45) is 0. The quantitative estimate of drug-likeness (QED) is 0.284. The first-order valence-corrected chi connectivity index (χ1v) is 3.99. The minimum absolute atomic E-state index is 0.0347. The van der Waals surface area contributed by atoms with Gasteiger partial charge < -0.3 is 11.5 Å². The van der Waals surface area contributed by atoms with Gasteiger partial charge in [-0.3, -0.25) is 9.78 Å². The number of nitrogen functional groups attached to an aromatic ring is 2. The summed E-state index contributed by atoms with van der Waals surface area (Å²) >= 11 is 0. The smallest absolute Gasteiger partial charge is 0.277 e. The molecule has 1 aromatic rings. The molecular weight excluding hydrogens is 186 g/mol. The molecule has 0 aliphatic heterocycles. The minimum Gasteiger partial charge on any atom is -0.391 e. The number of aromatic nitrogens is 2. The van der Waals surface area contributed by atoms with Crippen LogP contribution >= 0.6 is 0 Å². The first-order chi connectivity index (χ1) is 6.56. The number of nitrogens with zero attached hydrogens (tertiary/aromatic N) is 2. The number of rotatable bonds is 3. The number of nitrogens with two attached hydrogens (primary N) is 3. The summed E-state index contributed by atoms with van der Waals surface area (Å²) in [5.41, 5.74) is 12.9. The Hall–Kier alpha value is -1.80. The van der Waals surface area contributed by atoms with Crippen LogP contribution in [-0.4, -0.2) is 16.5 Å². The molecule has 1 heterocycles. The van der Waals surface area contributed by atoms with E-state index in [0.29, 0.717) is 6.54 Å². The standard InChI is InChI=1S/C6H13N7O/c1-2-10-13(9)4-3(7)5(14)12-6(8)11-4/h10H,2,7,9H2,1H3,(H3,8,11,12,14). The molecule has 1 rings (SSSR count). The van der Waals surface area contributed by atoms with E-state index in [1.807, 2.05) is 6.92 Å². The lowest BCUT2D eigenvalue weighted by Crippen LogP contribution is -2.45. The maximum Gasteiger partial charge on any atom is 0.277 e. The van der Waals surface area contributed by atoms with Gasteiger partial charge in [-0.05, 0) is 0 Å². The topological polar surface area (TPSA) is 139 Å². The van der Waals surface area contributed by atoms with Crippen LogP contribution in [0, 0.1) is 0 Å². The third-order valence-electron chi connectivity index (χ3n) is 1.51. The zero-order valence-corrected chi connectivity index (χ0v) is 7.74. The highest BCUT2D eigenvalue weighted by Gasteiger charge is 2.11. The monoisotopic (exact) mass is 199 g/mol. The SMILES string of the molecule is CCNN(N)c1nc(N)[nH]c(=O)c1N. The van der Waals surface area contributed by atoms with E-state index in [4.69, 9.17) is 17.3 Å². The van der Waals surface area contributed by atoms with E-state index in [1.54, 1.807) is 0 Å². The van der Waals surface area contributed by atoms with Crippen molar-refractivity contribution < 1.29 is 0 Å². The molecule has 8 N–H and O–H groups in total. The second-order valence-corrected chi connectivity index (χ2v) is 2.57. The van der Waals surface area contributed by atoms with E-state index in [9.17, 15) is 4.79 Å². The molecule has 8 heteroatoms. The van der Waals surface area contributed by atoms with Gasteiger partial charge in [-0.1, -0.05) is 6.92 Å². The molecule has 0 fully saturated rings. The molecule has 0 aliphatic rings. The van der Waals surface area contributed by atoms with Crippen molar-refractivity contribution in [2.24, 2.45) is 5.84 Å². The Morgan fingerprint density at radius 1 is 1.57 bits per heavy atom. The summed E-state index contributed by atoms with van der Waals surface area (Å²) in [6, 6.07) is 0. The van der Waals surface area contributed by atoms with E-state index in [-0.39, 0.29) is 17.5 Å². The molecule has 0 saturated heterocycles. The molecule has 0 unspecified atom stereocenters. The maximum absolute atomic E-state index is 11.2. The van der Waals surface area contributed by atoms with E-state index >= 15 is 0 Å². The normalized spacial score (nSPS) is 10.1. The molecule has 0 saturated carbocycles. The zero-order valence-electron chi connectivity index (χ0n) is 7.74. The van der Waals surface area contributed by atoms with Crippen LogP contribution in [0.1, 0.15) is 6.92 Å². The highest BCUT2D eigenvalue weighted by atomic mass is 16.1. The number of hydrogen-bond acceptors (Lipinski definition) is 7. The van der Waals surface area contributed by atoms with Crippen LogP contribution in [0.2, 0.25) is 0 Å². The summed E-state index contributed by atoms with van der Waals surface area (Å²) in [6.45, 7) is 2.41. The van der Waals surface area contributed by atoms with Gasteiger partial charge in [-0.15, -0.1) is 0 Å². The van der Waals surface area contributed by atoms with Crippen molar-refractivity contribution in [3.8, 4) is 0 Å². The summed E-state index contributed by atoms with van der Waals surface area (Å²) in [7, 11) is 0. The lowest BCUT2D eigenvalue weighted by atomic mass is 10.5. The molecule has 78 valence electrons. The molecule has 0 radical (unpaired) electrons. The predicted octanol–water partition coefficient (Wildman–Crippen LogP) is -1.86. The fourth-order valence-electron chi connectivity index (χ4n) is 0.916. The Bertz CT molecular complexity index is 373. The molecule has 0 aromatic carbocycles. The number of H-pyrrole nitrogens is 1. The van der Waals surface area contributed by atoms with Gasteiger partial charge in [-0.25, -0.2) is 16.4 Å². The molecule has 0 bridgehead atoms. The van der Waals surface area contributed by atoms with Crippen LogP contribution in [0.5, 0.6) is 0 Å². The Morgan fingerprint density at radius 3 is 2.79 bits per heavy atom. The van der Waals surface area contributed by atoms with Gasteiger partial charge in [0.05, 0.1) is 0 Å². The van der Waals surface area contributed by atoms with Crippen molar-refractivity contribution in [3.05, 3.63) is 10.4 Å². The average molecular weight is 199 g/mol. The zero-order chi connectivity index (χ0) is 10.7. The van der Waals surface area contributed by atoms with Crippen molar-refractivity contribution in [1.29, 1.82) is 0 Å². The number of hydrazine groups is 2. The predicted molar refractivity (Wildman–Crippen MR) is 54.0 cm³/mol. The van der Waals surface area contributed by atoms with Crippen LogP contribution in [0.25, 0.3) is 0 Å². The Morgan fingerprint density at radius 2 is 2.21 bits per heavy atom. The number of aromatic amines is 1. The molecular formula is C6H13N7O. The van der Waals surface area contributed by atoms with E-state index in [0.717, 1.165) is 5.12 Å². The van der Waals surface area contributed by atoms with Gasteiger partial charge in [0.25, 0.3) is 5.56 Å². The van der Waals surface area contributed by atoms with Crippen LogP contribution in [0.4, 0.5) is 17.5 Å². The number of nitrogens with one attached hydrogen (secondary N) is 2.